The Hall–Kier alpha value is -2.22. The van der Waals surface area contributed by atoms with E-state index in [-0.39, 0.29) is 18.8 Å². The molecule has 2 N–H and O–H groups in total. The lowest BCUT2D eigenvalue weighted by Gasteiger charge is -2.28. The molecule has 0 amide bonds. The van der Waals surface area contributed by atoms with Crippen LogP contribution < -0.4 is 10.2 Å². The van der Waals surface area contributed by atoms with Crippen LogP contribution in [0, 0.1) is 0 Å². The van der Waals surface area contributed by atoms with Crippen molar-refractivity contribution < 1.29 is 33.2 Å². The monoisotopic (exact) mass is 468 g/mol. The van der Waals surface area contributed by atoms with Crippen LogP contribution in [-0.2, 0) is 39.8 Å². The minimum absolute atomic E-state index is 0.0190. The normalized spacial score (nSPS) is 17.3. The van der Waals surface area contributed by atoms with Crippen LogP contribution in [0.4, 0.5) is 0 Å². The van der Waals surface area contributed by atoms with E-state index in [1.807, 2.05) is 18.2 Å². The Balaban J connectivity index is 2.12. The third kappa shape index (κ3) is 8.04. The van der Waals surface area contributed by atoms with Gasteiger partial charge in [-0.15, -0.1) is 0 Å². The quantitative estimate of drug-likeness (QED) is 0.271. The van der Waals surface area contributed by atoms with Crippen molar-refractivity contribution in [3.05, 3.63) is 35.9 Å². The second-order valence-corrected chi connectivity index (χ2v) is 10.8. The van der Waals surface area contributed by atoms with Crippen LogP contribution in [0.2, 0.25) is 0 Å². The van der Waals surface area contributed by atoms with Crippen molar-refractivity contribution in [2.45, 2.75) is 77.9 Å². The lowest BCUT2D eigenvalue weighted by Crippen LogP contribution is -2.46. The molecule has 1 saturated carbocycles. The summed E-state index contributed by atoms with van der Waals surface area (Å²) in [5.74, 6) is -1.88. The fourth-order valence-electron chi connectivity index (χ4n) is 2.94. The molecule has 1 aliphatic carbocycles. The smallest absolute Gasteiger partial charge is 0.327 e. The van der Waals surface area contributed by atoms with E-state index in [0.717, 1.165) is 5.56 Å². The van der Waals surface area contributed by atoms with Crippen molar-refractivity contribution in [2.24, 2.45) is 0 Å². The lowest BCUT2D eigenvalue weighted by molar-refractivity contribution is -0.151. The van der Waals surface area contributed by atoms with Gasteiger partial charge in [0.15, 0.2) is 0 Å². The highest BCUT2D eigenvalue weighted by Gasteiger charge is 2.55. The summed E-state index contributed by atoms with van der Waals surface area (Å²) in [5.41, 5.74) is -0.376. The summed E-state index contributed by atoms with van der Waals surface area (Å²) in [4.78, 5) is 37.3. The summed E-state index contributed by atoms with van der Waals surface area (Å²) in [5, 5.41) is 5.51. The predicted molar refractivity (Wildman–Crippen MR) is 119 cm³/mol. The molecular weight excluding hydrogens is 435 g/mol. The first kappa shape index (κ1) is 26.0. The number of hydrogen-bond acceptors (Lipinski definition) is 7. The molecule has 9 nitrogen and oxygen atoms in total. The Bertz CT molecular complexity index is 853. The van der Waals surface area contributed by atoms with Gasteiger partial charge >= 0.3 is 17.9 Å². The van der Waals surface area contributed by atoms with Gasteiger partial charge < -0.3 is 14.2 Å². The molecule has 1 aliphatic rings. The molecule has 0 radical (unpaired) electrons. The van der Waals surface area contributed by atoms with E-state index in [9.17, 15) is 18.9 Å². The Morgan fingerprint density at radius 1 is 1.00 bits per heavy atom. The van der Waals surface area contributed by atoms with E-state index in [1.54, 1.807) is 39.8 Å². The van der Waals surface area contributed by atoms with E-state index >= 15 is 0 Å². The summed E-state index contributed by atoms with van der Waals surface area (Å²) < 4.78 is 29.4. The molecule has 1 unspecified atom stereocenters. The van der Waals surface area contributed by atoms with Gasteiger partial charge in [-0.2, -0.15) is 0 Å². The number of nitrogens with one attached hydrogen (secondary N) is 2. The van der Waals surface area contributed by atoms with E-state index in [0.29, 0.717) is 12.8 Å². The molecule has 0 aromatic heterocycles. The predicted octanol–water partition coefficient (Wildman–Crippen LogP) is 2.93. The van der Waals surface area contributed by atoms with Gasteiger partial charge in [-0.25, -0.2) is 10.2 Å². The zero-order valence-electron chi connectivity index (χ0n) is 19.3. The average Bonchev–Trinajstić information content (AvgIpc) is 3.46. The van der Waals surface area contributed by atoms with Crippen molar-refractivity contribution >= 4 is 25.4 Å². The van der Waals surface area contributed by atoms with Crippen molar-refractivity contribution in [2.75, 3.05) is 6.16 Å². The molecule has 0 aliphatic heterocycles. The molecule has 2 atom stereocenters. The SMILES string of the molecule is CC(C)OC(=O)[C@H](C)NP(=O)(CC(=O)OCc1ccccc1)NC1(C(=O)OC(C)C)CC1. The maximum Gasteiger partial charge on any atom is 0.327 e. The number of rotatable bonds is 12. The molecule has 0 spiro atoms. The molecule has 1 aromatic rings. The minimum Gasteiger partial charge on any atom is -0.462 e. The van der Waals surface area contributed by atoms with Gasteiger partial charge in [0.05, 0.1) is 12.2 Å². The van der Waals surface area contributed by atoms with Crippen LogP contribution >= 0.6 is 7.44 Å². The van der Waals surface area contributed by atoms with E-state index in [2.05, 4.69) is 10.2 Å². The topological polar surface area (TPSA) is 120 Å². The molecule has 2 rings (SSSR count). The Morgan fingerprint density at radius 2 is 1.59 bits per heavy atom. The van der Waals surface area contributed by atoms with Crippen LogP contribution in [0.15, 0.2) is 30.3 Å². The molecule has 0 heterocycles. The summed E-state index contributed by atoms with van der Waals surface area (Å²) in [7, 11) is -3.78. The van der Waals surface area contributed by atoms with Crippen LogP contribution in [0.1, 0.15) is 53.0 Å². The highest BCUT2D eigenvalue weighted by atomic mass is 31.2. The summed E-state index contributed by atoms with van der Waals surface area (Å²) in [6, 6.07) is 8.10. The Labute approximate surface area is 189 Å². The third-order valence-electron chi connectivity index (χ3n) is 4.58. The molecule has 1 fully saturated rings. The standard InChI is InChI=1S/C22H33N2O7P/c1-15(2)30-20(26)17(5)23-32(28,24-22(11-12-22)21(27)31-16(3)4)14-19(25)29-13-18-9-7-6-8-10-18/h6-10,15-17H,11-14H2,1-5H3,(H2,23,24,28)/t17-,32?/m0/s1. The Kier molecular flexibility index (Phi) is 9.01. The zero-order valence-corrected chi connectivity index (χ0v) is 20.1. The number of benzene rings is 1. The summed E-state index contributed by atoms with van der Waals surface area (Å²) >= 11 is 0. The van der Waals surface area contributed by atoms with E-state index in [1.165, 1.54) is 6.92 Å². The van der Waals surface area contributed by atoms with Gasteiger partial charge in [0, 0.05) is 0 Å². The number of carbonyl (C=O) groups excluding carboxylic acids is 3. The van der Waals surface area contributed by atoms with Crippen molar-refractivity contribution in [3.8, 4) is 0 Å². The highest BCUT2D eigenvalue weighted by Crippen LogP contribution is 2.48. The molecule has 1 aromatic carbocycles. The largest absolute Gasteiger partial charge is 0.462 e. The van der Waals surface area contributed by atoms with Gasteiger partial charge in [-0.05, 0) is 53.0 Å². The average molecular weight is 468 g/mol. The van der Waals surface area contributed by atoms with Crippen molar-refractivity contribution in [1.29, 1.82) is 0 Å². The minimum atomic E-state index is -3.78. The van der Waals surface area contributed by atoms with E-state index in [4.69, 9.17) is 14.2 Å². The summed E-state index contributed by atoms with van der Waals surface area (Å²) in [6.45, 7) is 8.34. The molecule has 0 saturated heterocycles. The van der Waals surface area contributed by atoms with Crippen molar-refractivity contribution in [1.82, 2.24) is 10.2 Å². The number of hydrogen-bond donors (Lipinski definition) is 2. The van der Waals surface area contributed by atoms with Crippen LogP contribution in [0.25, 0.3) is 0 Å². The molecule has 178 valence electrons. The maximum absolute atomic E-state index is 13.7. The zero-order chi connectivity index (χ0) is 23.9. The highest BCUT2D eigenvalue weighted by molar-refractivity contribution is 7.60. The van der Waals surface area contributed by atoms with Gasteiger partial charge in [0.25, 0.3) is 0 Å². The fourth-order valence-corrected chi connectivity index (χ4v) is 5.37. The van der Waals surface area contributed by atoms with Gasteiger partial charge in [-0.1, -0.05) is 30.3 Å². The molecule has 10 heteroatoms. The molecular formula is C22H33N2O7P. The number of carbonyl (C=O) groups is 3. The Morgan fingerprint density at radius 3 is 2.12 bits per heavy atom. The van der Waals surface area contributed by atoms with Crippen molar-refractivity contribution in [3.63, 3.8) is 0 Å². The lowest BCUT2D eigenvalue weighted by atomic mass is 10.2. The second-order valence-electron chi connectivity index (χ2n) is 8.53. The second kappa shape index (κ2) is 11.1. The molecule has 0 bridgehead atoms. The van der Waals surface area contributed by atoms with Crippen LogP contribution in [-0.4, -0.2) is 47.9 Å². The van der Waals surface area contributed by atoms with Crippen LogP contribution in [0.3, 0.4) is 0 Å². The first-order valence-corrected chi connectivity index (χ1v) is 12.6. The number of esters is 3. The first-order chi connectivity index (χ1) is 14.9. The van der Waals surface area contributed by atoms with Gasteiger partial charge in [0.2, 0.25) is 7.44 Å². The third-order valence-corrected chi connectivity index (χ3v) is 6.88. The van der Waals surface area contributed by atoms with Gasteiger partial charge in [0.1, 0.15) is 24.3 Å². The summed E-state index contributed by atoms with van der Waals surface area (Å²) in [6.07, 6.45) is -0.423. The van der Waals surface area contributed by atoms with Gasteiger partial charge in [-0.3, -0.25) is 18.9 Å². The number of ether oxygens (including phenoxy) is 3. The fraction of sp³-hybridized carbons (Fsp3) is 0.591. The van der Waals surface area contributed by atoms with Crippen LogP contribution in [0.5, 0.6) is 0 Å². The first-order valence-electron chi connectivity index (χ1n) is 10.7. The maximum atomic E-state index is 13.7. The molecule has 32 heavy (non-hydrogen) atoms. The van der Waals surface area contributed by atoms with E-state index < -0.39 is 43.1 Å².